The van der Waals surface area contributed by atoms with Crippen LogP contribution in [-0.2, 0) is 13.0 Å². The molecule has 1 heterocycles. The fraction of sp³-hybridized carbons (Fsp3) is 0.812. The Balaban J connectivity index is 1.95. The minimum atomic E-state index is 0.509. The van der Waals surface area contributed by atoms with Gasteiger partial charge in [-0.2, -0.15) is 5.10 Å². The van der Waals surface area contributed by atoms with Crippen LogP contribution in [0, 0.1) is 12.8 Å². The van der Waals surface area contributed by atoms with E-state index in [1.165, 1.54) is 44.2 Å². The van der Waals surface area contributed by atoms with E-state index < -0.39 is 0 Å². The molecular formula is C16H28ClN3. The third-order valence-electron chi connectivity index (χ3n) is 4.70. The zero-order chi connectivity index (χ0) is 14.5. The van der Waals surface area contributed by atoms with E-state index in [-0.39, 0.29) is 0 Å². The number of hydrogen-bond donors (Lipinski definition) is 1. The smallest absolute Gasteiger partial charge is 0.0847 e. The number of aryl methyl sites for hydroxylation is 2. The van der Waals surface area contributed by atoms with Crippen molar-refractivity contribution in [3.8, 4) is 0 Å². The molecule has 0 aliphatic heterocycles. The molecule has 2 rings (SSSR count). The Kier molecular flexibility index (Phi) is 5.91. The van der Waals surface area contributed by atoms with Gasteiger partial charge in [-0.1, -0.05) is 37.3 Å². The number of nitrogens with zero attached hydrogens (tertiary/aromatic N) is 2. The lowest BCUT2D eigenvalue weighted by Crippen LogP contribution is -2.29. The van der Waals surface area contributed by atoms with Crippen LogP contribution in [0.5, 0.6) is 0 Å². The summed E-state index contributed by atoms with van der Waals surface area (Å²) >= 11 is 6.41. The van der Waals surface area contributed by atoms with Crippen molar-refractivity contribution in [3.63, 3.8) is 0 Å². The molecule has 1 N–H and O–H groups in total. The molecule has 3 nitrogen and oxygen atoms in total. The molecule has 20 heavy (non-hydrogen) atoms. The summed E-state index contributed by atoms with van der Waals surface area (Å²) in [7, 11) is 2.06. The Morgan fingerprint density at radius 3 is 2.70 bits per heavy atom. The largest absolute Gasteiger partial charge is 0.317 e. The monoisotopic (exact) mass is 297 g/mol. The van der Waals surface area contributed by atoms with E-state index in [1.54, 1.807) is 0 Å². The summed E-state index contributed by atoms with van der Waals surface area (Å²) in [6.45, 7) is 5.01. The Morgan fingerprint density at radius 2 is 2.10 bits per heavy atom. The van der Waals surface area contributed by atoms with Gasteiger partial charge in [0, 0.05) is 19.0 Å². The standard InChI is InChI=1S/C16H28ClN3/c1-4-20-15(16(17)12(2)19-20)11-14(18-3)10-9-13-7-5-6-8-13/h13-14,18H,4-11H2,1-3H3. The highest BCUT2D eigenvalue weighted by Gasteiger charge is 2.20. The lowest BCUT2D eigenvalue weighted by atomic mass is 9.96. The van der Waals surface area contributed by atoms with E-state index in [4.69, 9.17) is 11.6 Å². The predicted molar refractivity (Wildman–Crippen MR) is 85.4 cm³/mol. The van der Waals surface area contributed by atoms with Crippen molar-refractivity contribution in [2.45, 2.75) is 71.4 Å². The van der Waals surface area contributed by atoms with Crippen molar-refractivity contribution in [2.24, 2.45) is 5.92 Å². The van der Waals surface area contributed by atoms with Gasteiger partial charge in [0.15, 0.2) is 0 Å². The molecule has 1 saturated carbocycles. The van der Waals surface area contributed by atoms with Crippen LogP contribution in [0.1, 0.15) is 56.8 Å². The number of likely N-dealkylation sites (N-methyl/N-ethyl adjacent to an activating group) is 1. The Labute approximate surface area is 128 Å². The second-order valence-corrected chi connectivity index (χ2v) is 6.46. The quantitative estimate of drug-likeness (QED) is 0.825. The summed E-state index contributed by atoms with van der Waals surface area (Å²) in [4.78, 5) is 0. The minimum Gasteiger partial charge on any atom is -0.317 e. The van der Waals surface area contributed by atoms with Gasteiger partial charge in [-0.05, 0) is 39.7 Å². The lowest BCUT2D eigenvalue weighted by Gasteiger charge is -2.19. The van der Waals surface area contributed by atoms with E-state index in [9.17, 15) is 0 Å². The summed E-state index contributed by atoms with van der Waals surface area (Å²) in [5.41, 5.74) is 2.15. The molecule has 1 aliphatic carbocycles. The third kappa shape index (κ3) is 3.76. The molecule has 0 bridgehead atoms. The van der Waals surface area contributed by atoms with Crippen molar-refractivity contribution in [2.75, 3.05) is 7.05 Å². The molecule has 0 spiro atoms. The van der Waals surface area contributed by atoms with Crippen LogP contribution in [0.2, 0.25) is 5.02 Å². The Bertz CT molecular complexity index is 422. The van der Waals surface area contributed by atoms with Crippen LogP contribution in [0.4, 0.5) is 0 Å². The van der Waals surface area contributed by atoms with Crippen molar-refractivity contribution in [1.29, 1.82) is 0 Å². The minimum absolute atomic E-state index is 0.509. The van der Waals surface area contributed by atoms with Crippen molar-refractivity contribution in [1.82, 2.24) is 15.1 Å². The number of nitrogens with one attached hydrogen (secondary N) is 1. The highest BCUT2D eigenvalue weighted by molar-refractivity contribution is 6.31. The fourth-order valence-electron chi connectivity index (χ4n) is 3.38. The first-order chi connectivity index (χ1) is 9.65. The second kappa shape index (κ2) is 7.46. The summed E-state index contributed by atoms with van der Waals surface area (Å²) in [5, 5.41) is 8.83. The number of halogens is 1. The lowest BCUT2D eigenvalue weighted by molar-refractivity contribution is 0.411. The first-order valence-electron chi connectivity index (χ1n) is 8.04. The highest BCUT2D eigenvalue weighted by atomic mass is 35.5. The molecule has 1 aliphatic rings. The maximum absolute atomic E-state index is 6.41. The normalized spacial score (nSPS) is 17.8. The van der Waals surface area contributed by atoms with Crippen LogP contribution in [-0.4, -0.2) is 22.9 Å². The molecule has 114 valence electrons. The van der Waals surface area contributed by atoms with Gasteiger partial charge in [0.2, 0.25) is 0 Å². The van der Waals surface area contributed by atoms with Gasteiger partial charge in [0.05, 0.1) is 16.4 Å². The predicted octanol–water partition coefficient (Wildman–Crippen LogP) is 3.97. The van der Waals surface area contributed by atoms with E-state index in [2.05, 4.69) is 29.1 Å². The Morgan fingerprint density at radius 1 is 1.40 bits per heavy atom. The highest BCUT2D eigenvalue weighted by Crippen LogP contribution is 2.30. The summed E-state index contributed by atoms with van der Waals surface area (Å²) in [6.07, 6.45) is 9.31. The SMILES string of the molecule is CCn1nc(C)c(Cl)c1CC(CCC1CCCC1)NC. The molecule has 1 aromatic rings. The maximum Gasteiger partial charge on any atom is 0.0847 e. The number of rotatable bonds is 7. The molecule has 1 aromatic heterocycles. The van der Waals surface area contributed by atoms with E-state index in [1.807, 2.05) is 6.92 Å². The van der Waals surface area contributed by atoms with Crippen LogP contribution in [0.25, 0.3) is 0 Å². The molecule has 1 atom stereocenters. The van der Waals surface area contributed by atoms with Crippen LogP contribution in [0.3, 0.4) is 0 Å². The average Bonchev–Trinajstić information content (AvgIpc) is 3.06. The molecule has 0 aromatic carbocycles. The first kappa shape index (κ1) is 15.8. The zero-order valence-corrected chi connectivity index (χ0v) is 13.8. The van der Waals surface area contributed by atoms with Crippen LogP contribution in [0.15, 0.2) is 0 Å². The molecule has 0 saturated heterocycles. The number of aromatic nitrogens is 2. The van der Waals surface area contributed by atoms with Gasteiger partial charge in [0.1, 0.15) is 0 Å². The van der Waals surface area contributed by atoms with Gasteiger partial charge in [-0.25, -0.2) is 0 Å². The molecule has 1 fully saturated rings. The molecular weight excluding hydrogens is 270 g/mol. The van der Waals surface area contributed by atoms with Crippen LogP contribution >= 0.6 is 11.6 Å². The summed E-state index contributed by atoms with van der Waals surface area (Å²) in [6, 6.07) is 0.509. The van der Waals surface area contributed by atoms with Crippen LogP contribution < -0.4 is 5.32 Å². The third-order valence-corrected chi connectivity index (χ3v) is 5.19. The van der Waals surface area contributed by atoms with Crippen molar-refractivity contribution >= 4 is 11.6 Å². The first-order valence-corrected chi connectivity index (χ1v) is 8.42. The van der Waals surface area contributed by atoms with Crippen molar-refractivity contribution < 1.29 is 0 Å². The van der Waals surface area contributed by atoms with Gasteiger partial charge >= 0.3 is 0 Å². The maximum atomic E-state index is 6.41. The van der Waals surface area contributed by atoms with Gasteiger partial charge in [-0.3, -0.25) is 4.68 Å². The fourth-order valence-corrected chi connectivity index (χ4v) is 3.59. The average molecular weight is 298 g/mol. The molecule has 0 radical (unpaired) electrons. The Hall–Kier alpha value is -0.540. The van der Waals surface area contributed by atoms with E-state index >= 15 is 0 Å². The molecule has 0 amide bonds. The van der Waals surface area contributed by atoms with E-state index in [0.29, 0.717) is 6.04 Å². The summed E-state index contributed by atoms with van der Waals surface area (Å²) in [5.74, 6) is 0.958. The molecule has 1 unspecified atom stereocenters. The molecule has 4 heteroatoms. The van der Waals surface area contributed by atoms with Gasteiger partial charge in [-0.15, -0.1) is 0 Å². The van der Waals surface area contributed by atoms with E-state index in [0.717, 1.165) is 29.6 Å². The summed E-state index contributed by atoms with van der Waals surface area (Å²) < 4.78 is 2.05. The topological polar surface area (TPSA) is 29.9 Å². The zero-order valence-electron chi connectivity index (χ0n) is 13.1. The second-order valence-electron chi connectivity index (χ2n) is 6.08. The number of hydrogen-bond acceptors (Lipinski definition) is 2. The van der Waals surface area contributed by atoms with Gasteiger partial charge < -0.3 is 5.32 Å². The van der Waals surface area contributed by atoms with Crippen molar-refractivity contribution in [3.05, 3.63) is 16.4 Å². The van der Waals surface area contributed by atoms with Gasteiger partial charge in [0.25, 0.3) is 0 Å².